The van der Waals surface area contributed by atoms with Crippen LogP contribution in [0.4, 0.5) is 10.7 Å². The van der Waals surface area contributed by atoms with Crippen LogP contribution in [0.25, 0.3) is 11.1 Å². The Morgan fingerprint density at radius 3 is 2.32 bits per heavy atom. The molecule has 0 spiro atoms. The van der Waals surface area contributed by atoms with Crippen LogP contribution in [0.15, 0.2) is 53.1 Å². The number of anilines is 1. The molecule has 2 N–H and O–H groups in total. The van der Waals surface area contributed by atoms with Crippen molar-refractivity contribution in [3.8, 4) is 17.2 Å². The maximum Gasteiger partial charge on any atom is 0.414 e. The number of carbonyl (C=O) groups is 2. The highest BCUT2D eigenvalue weighted by molar-refractivity contribution is 5.92. The first-order chi connectivity index (χ1) is 13.6. The van der Waals surface area contributed by atoms with E-state index in [9.17, 15) is 9.59 Å². The second kappa shape index (κ2) is 6.89. The monoisotopic (exact) mass is 375 g/mol. The highest BCUT2D eigenvalue weighted by Crippen LogP contribution is 2.44. The average molecular weight is 375 g/mol. The van der Waals surface area contributed by atoms with Crippen molar-refractivity contribution in [2.45, 2.75) is 5.92 Å². The molecule has 1 heterocycles. The molecular weight excluding hydrogens is 362 g/mol. The number of carboxylic acid groups (broad SMARTS) is 1. The summed E-state index contributed by atoms with van der Waals surface area (Å²) < 4.78 is 10.1. The number of amides is 1. The van der Waals surface area contributed by atoms with E-state index in [1.165, 1.54) is 0 Å². The summed E-state index contributed by atoms with van der Waals surface area (Å²) in [5.41, 5.74) is 3.36. The molecule has 0 saturated carbocycles. The number of aromatic carboxylic acids is 1. The minimum Gasteiger partial charge on any atom is -0.476 e. The zero-order valence-electron chi connectivity index (χ0n) is 14.4. The average Bonchev–Trinajstić information content (AvgIpc) is 3.25. The van der Waals surface area contributed by atoms with Crippen molar-refractivity contribution < 1.29 is 24.0 Å². The molecule has 1 aliphatic carbocycles. The van der Waals surface area contributed by atoms with Crippen LogP contribution >= 0.6 is 0 Å². The Bertz CT molecular complexity index is 1080. The van der Waals surface area contributed by atoms with Crippen molar-refractivity contribution in [1.29, 1.82) is 5.26 Å². The molecule has 1 amide bonds. The molecule has 1 aliphatic rings. The summed E-state index contributed by atoms with van der Waals surface area (Å²) in [4.78, 5) is 23.2. The number of carbonyl (C=O) groups excluding carboxylic acids is 1. The van der Waals surface area contributed by atoms with Gasteiger partial charge in [-0.15, -0.1) is 0 Å². The molecule has 4 rings (SSSR count). The highest BCUT2D eigenvalue weighted by Gasteiger charge is 2.29. The maximum atomic E-state index is 12.2. The Labute approximate surface area is 159 Å². The van der Waals surface area contributed by atoms with Gasteiger partial charge in [0.1, 0.15) is 12.7 Å². The van der Waals surface area contributed by atoms with Gasteiger partial charge >= 0.3 is 12.1 Å². The van der Waals surface area contributed by atoms with Gasteiger partial charge in [0, 0.05) is 5.92 Å². The lowest BCUT2D eigenvalue weighted by molar-refractivity contribution is 0.0685. The number of nitrogens with one attached hydrogen (secondary N) is 1. The van der Waals surface area contributed by atoms with Crippen LogP contribution in [0.2, 0.25) is 0 Å². The van der Waals surface area contributed by atoms with E-state index in [0.29, 0.717) is 0 Å². The molecule has 8 heteroatoms. The molecule has 0 unspecified atom stereocenters. The fourth-order valence-electron chi connectivity index (χ4n) is 3.35. The van der Waals surface area contributed by atoms with Crippen molar-refractivity contribution >= 4 is 17.9 Å². The molecule has 0 radical (unpaired) electrons. The van der Waals surface area contributed by atoms with Crippen molar-refractivity contribution in [3.05, 3.63) is 70.9 Å². The third-order valence-corrected chi connectivity index (χ3v) is 4.57. The Hall–Kier alpha value is -4.12. The van der Waals surface area contributed by atoms with Gasteiger partial charge in [0.25, 0.3) is 5.88 Å². The Morgan fingerprint density at radius 2 is 1.75 bits per heavy atom. The molecular formula is C20H13N3O5. The van der Waals surface area contributed by atoms with E-state index in [0.717, 1.165) is 22.3 Å². The molecule has 8 nitrogen and oxygen atoms in total. The molecule has 1 aromatic heterocycles. The van der Waals surface area contributed by atoms with Gasteiger partial charge in [0.15, 0.2) is 5.56 Å². The van der Waals surface area contributed by atoms with Crippen LogP contribution < -0.4 is 5.32 Å². The molecule has 0 aliphatic heterocycles. The Kier molecular flexibility index (Phi) is 4.26. The van der Waals surface area contributed by atoms with Crippen molar-refractivity contribution in [2.75, 3.05) is 11.9 Å². The summed E-state index contributed by atoms with van der Waals surface area (Å²) in [7, 11) is 0. The summed E-state index contributed by atoms with van der Waals surface area (Å²) in [6.45, 7) is 0.0711. The van der Waals surface area contributed by atoms with E-state index in [-0.39, 0.29) is 24.0 Å². The molecule has 2 aromatic carbocycles. The maximum absolute atomic E-state index is 12.2. The Balaban J connectivity index is 1.51. The molecule has 0 bridgehead atoms. The molecule has 0 saturated heterocycles. The van der Waals surface area contributed by atoms with E-state index in [4.69, 9.17) is 19.6 Å². The lowest BCUT2D eigenvalue weighted by Gasteiger charge is -2.14. The second-order valence-electron chi connectivity index (χ2n) is 6.10. The van der Waals surface area contributed by atoms with Gasteiger partial charge in [0.2, 0.25) is 5.69 Å². The van der Waals surface area contributed by atoms with E-state index < -0.39 is 17.8 Å². The van der Waals surface area contributed by atoms with E-state index in [1.54, 1.807) is 6.07 Å². The van der Waals surface area contributed by atoms with Crippen LogP contribution in [-0.2, 0) is 4.74 Å². The van der Waals surface area contributed by atoms with Gasteiger partial charge in [-0.25, -0.2) is 9.59 Å². The Morgan fingerprint density at radius 1 is 1.14 bits per heavy atom. The number of ether oxygens (including phenoxy) is 1. The predicted molar refractivity (Wildman–Crippen MR) is 96.9 cm³/mol. The largest absolute Gasteiger partial charge is 0.476 e. The number of benzene rings is 2. The first-order valence-electron chi connectivity index (χ1n) is 8.35. The lowest BCUT2D eigenvalue weighted by atomic mass is 9.98. The third kappa shape index (κ3) is 2.85. The number of aromatic nitrogens is 1. The first-order valence-corrected chi connectivity index (χ1v) is 8.35. The van der Waals surface area contributed by atoms with Gasteiger partial charge in [-0.2, -0.15) is 5.26 Å². The summed E-state index contributed by atoms with van der Waals surface area (Å²) in [5, 5.41) is 23.5. The number of hydrogen-bond acceptors (Lipinski definition) is 6. The van der Waals surface area contributed by atoms with Crippen LogP contribution in [0.3, 0.4) is 0 Å². The first kappa shape index (κ1) is 17.3. The van der Waals surface area contributed by atoms with E-state index >= 15 is 0 Å². The number of rotatable bonds is 4. The van der Waals surface area contributed by atoms with Gasteiger partial charge in [-0.1, -0.05) is 53.7 Å². The molecule has 138 valence electrons. The zero-order chi connectivity index (χ0) is 19.7. The topological polar surface area (TPSA) is 125 Å². The van der Waals surface area contributed by atoms with Gasteiger partial charge in [0.05, 0.1) is 0 Å². The van der Waals surface area contributed by atoms with Gasteiger partial charge < -0.3 is 14.4 Å². The fraction of sp³-hybridized carbons (Fsp3) is 0.100. The highest BCUT2D eigenvalue weighted by atomic mass is 16.6. The standard InChI is InChI=1S/C20H13N3O5/c21-9-15-17(19(24)25)23-28-18(15)22-20(26)27-10-16-13-7-3-1-5-11(13)12-6-2-4-8-14(12)16/h1-8,16H,10H2,(H,22,26)(H,24,25). The number of nitriles is 1. The minimum absolute atomic E-state index is 0.0711. The number of fused-ring (bicyclic) bond motifs is 3. The minimum atomic E-state index is -1.43. The van der Waals surface area contributed by atoms with E-state index in [2.05, 4.69) is 10.5 Å². The predicted octanol–water partition coefficient (Wildman–Crippen LogP) is 3.61. The summed E-state index contributed by atoms with van der Waals surface area (Å²) >= 11 is 0. The fourth-order valence-corrected chi connectivity index (χ4v) is 3.35. The van der Waals surface area contributed by atoms with Crippen LogP contribution in [0, 0.1) is 11.3 Å². The lowest BCUT2D eigenvalue weighted by Crippen LogP contribution is -2.18. The number of nitrogens with zero attached hydrogens (tertiary/aromatic N) is 2. The van der Waals surface area contributed by atoms with Crippen LogP contribution in [0.1, 0.15) is 33.1 Å². The van der Waals surface area contributed by atoms with Crippen molar-refractivity contribution in [1.82, 2.24) is 5.16 Å². The summed E-state index contributed by atoms with van der Waals surface area (Å²) in [5.74, 6) is -1.92. The summed E-state index contributed by atoms with van der Waals surface area (Å²) in [6, 6.07) is 17.4. The van der Waals surface area contributed by atoms with Gasteiger partial charge in [-0.05, 0) is 22.3 Å². The van der Waals surface area contributed by atoms with Gasteiger partial charge in [-0.3, -0.25) is 5.32 Å². The SMILES string of the molecule is N#Cc1c(C(=O)O)noc1NC(=O)OCC1c2ccccc2-c2ccccc21. The molecule has 3 aromatic rings. The van der Waals surface area contributed by atoms with Crippen LogP contribution in [-0.4, -0.2) is 28.9 Å². The smallest absolute Gasteiger partial charge is 0.414 e. The summed E-state index contributed by atoms with van der Waals surface area (Å²) in [6.07, 6.45) is -0.869. The van der Waals surface area contributed by atoms with Crippen LogP contribution in [0.5, 0.6) is 0 Å². The van der Waals surface area contributed by atoms with E-state index in [1.807, 2.05) is 48.5 Å². The third-order valence-electron chi connectivity index (χ3n) is 4.57. The number of hydrogen-bond donors (Lipinski definition) is 2. The quantitative estimate of drug-likeness (QED) is 0.713. The molecule has 0 fully saturated rings. The van der Waals surface area contributed by atoms with Crippen molar-refractivity contribution in [2.24, 2.45) is 0 Å². The molecule has 0 atom stereocenters. The normalized spacial score (nSPS) is 12.0. The number of carboxylic acids is 1. The zero-order valence-corrected chi connectivity index (χ0v) is 14.4. The van der Waals surface area contributed by atoms with Crippen molar-refractivity contribution in [3.63, 3.8) is 0 Å². The second-order valence-corrected chi connectivity index (χ2v) is 6.10. The molecule has 28 heavy (non-hydrogen) atoms.